The van der Waals surface area contributed by atoms with Crippen molar-refractivity contribution in [2.24, 2.45) is 11.8 Å². The fourth-order valence-electron chi connectivity index (χ4n) is 5.57. The summed E-state index contributed by atoms with van der Waals surface area (Å²) in [5.74, 6) is 0.791. The van der Waals surface area contributed by atoms with E-state index in [4.69, 9.17) is 9.47 Å². The Balaban J connectivity index is 1.15. The van der Waals surface area contributed by atoms with Gasteiger partial charge in [-0.3, -0.25) is 14.4 Å². The number of aromatic amines is 1. The third-order valence-corrected chi connectivity index (χ3v) is 7.94. The van der Waals surface area contributed by atoms with Gasteiger partial charge in [0.25, 0.3) is 5.56 Å². The SMILES string of the molecule is COc1ccc2nc(CCCCC[C@@H]3CC3(C)OC(=O)NCC(=O)N3CC[C@@H](C)[C@H]3C(C)=O)c(=O)[nH]c2c1. The number of fused-ring (bicyclic) bond motifs is 1. The number of hydrogen-bond donors (Lipinski definition) is 2. The monoisotopic (exact) mass is 526 g/mol. The Morgan fingerprint density at radius 3 is 2.76 bits per heavy atom. The largest absolute Gasteiger partial charge is 0.497 e. The van der Waals surface area contributed by atoms with Crippen LogP contribution in [0.5, 0.6) is 5.75 Å². The minimum Gasteiger partial charge on any atom is -0.497 e. The van der Waals surface area contributed by atoms with Crippen LogP contribution in [0.3, 0.4) is 0 Å². The van der Waals surface area contributed by atoms with Gasteiger partial charge < -0.3 is 24.7 Å². The van der Waals surface area contributed by atoms with E-state index in [1.807, 2.05) is 26.0 Å². The summed E-state index contributed by atoms with van der Waals surface area (Å²) in [5, 5.41) is 2.56. The maximum atomic E-state index is 12.5. The van der Waals surface area contributed by atoms with E-state index >= 15 is 0 Å². The number of nitrogens with zero attached hydrogens (tertiary/aromatic N) is 2. The molecule has 4 atom stereocenters. The number of ketones is 1. The second-order valence-electron chi connectivity index (χ2n) is 10.9. The fourth-order valence-corrected chi connectivity index (χ4v) is 5.57. The second kappa shape index (κ2) is 11.5. The number of aromatic nitrogens is 2. The molecule has 2 heterocycles. The third-order valence-electron chi connectivity index (χ3n) is 7.94. The lowest BCUT2D eigenvalue weighted by molar-refractivity contribution is -0.136. The average Bonchev–Trinajstić information content (AvgIpc) is 3.32. The van der Waals surface area contributed by atoms with E-state index in [9.17, 15) is 19.2 Å². The number of alkyl carbamates (subject to hydrolysis) is 1. The van der Waals surface area contributed by atoms with Crippen LogP contribution in [0.1, 0.15) is 65.0 Å². The van der Waals surface area contributed by atoms with Crippen LogP contribution in [0.4, 0.5) is 4.79 Å². The summed E-state index contributed by atoms with van der Waals surface area (Å²) in [6.45, 7) is 5.74. The van der Waals surface area contributed by atoms with Crippen LogP contribution in [0, 0.1) is 11.8 Å². The zero-order chi connectivity index (χ0) is 27.4. The Kier molecular flexibility index (Phi) is 8.38. The first-order valence-electron chi connectivity index (χ1n) is 13.4. The number of methoxy groups -OCH3 is 1. The topological polar surface area (TPSA) is 131 Å². The van der Waals surface area contributed by atoms with E-state index in [1.54, 1.807) is 18.1 Å². The first-order valence-corrected chi connectivity index (χ1v) is 13.4. The highest BCUT2D eigenvalue weighted by atomic mass is 16.6. The number of carbonyl (C=O) groups excluding carboxylic acids is 3. The molecule has 2 aromatic rings. The molecule has 0 bridgehead atoms. The quantitative estimate of drug-likeness (QED) is 0.429. The smallest absolute Gasteiger partial charge is 0.408 e. The summed E-state index contributed by atoms with van der Waals surface area (Å²) >= 11 is 0. The van der Waals surface area contributed by atoms with Crippen molar-refractivity contribution in [1.82, 2.24) is 20.2 Å². The van der Waals surface area contributed by atoms with Crippen molar-refractivity contribution >= 4 is 28.8 Å². The fraction of sp³-hybridized carbons (Fsp3) is 0.607. The number of ether oxygens (including phenoxy) is 2. The van der Waals surface area contributed by atoms with Gasteiger partial charge in [-0.1, -0.05) is 19.8 Å². The van der Waals surface area contributed by atoms with Gasteiger partial charge in [-0.15, -0.1) is 0 Å². The standard InChI is InChI=1S/C28H38N4O6/c1-17-12-13-32(25(17)18(2)33)24(34)16-29-27(36)38-28(3)15-19(28)8-6-5-7-9-22-26(35)31-23-14-20(37-4)10-11-21(23)30-22/h10-11,14,17,19,25H,5-9,12-13,15-16H2,1-4H3,(H,29,36)(H,31,35)/t17-,19-,25+,28?/m1/s1. The number of rotatable bonds is 11. The number of aryl methyl sites for hydroxylation is 1. The van der Waals surface area contributed by atoms with Gasteiger partial charge in [0.05, 0.1) is 24.2 Å². The van der Waals surface area contributed by atoms with Crippen LogP contribution < -0.4 is 15.6 Å². The number of hydrogen-bond acceptors (Lipinski definition) is 7. The molecule has 2 N–H and O–H groups in total. The highest BCUT2D eigenvalue weighted by Gasteiger charge is 2.53. The zero-order valence-electron chi connectivity index (χ0n) is 22.7. The molecule has 1 aliphatic carbocycles. The van der Waals surface area contributed by atoms with Crippen LogP contribution in [0.25, 0.3) is 11.0 Å². The summed E-state index contributed by atoms with van der Waals surface area (Å²) in [6.07, 6.45) is 5.26. The molecular formula is C28H38N4O6. The molecule has 2 aliphatic rings. The molecule has 1 saturated carbocycles. The number of benzene rings is 1. The molecule has 2 fully saturated rings. The van der Waals surface area contributed by atoms with E-state index in [2.05, 4.69) is 15.3 Å². The van der Waals surface area contributed by atoms with Gasteiger partial charge in [-0.2, -0.15) is 0 Å². The Morgan fingerprint density at radius 2 is 2.03 bits per heavy atom. The molecule has 1 saturated heterocycles. The number of H-pyrrole nitrogens is 1. The van der Waals surface area contributed by atoms with Crippen LogP contribution in [0.15, 0.2) is 23.0 Å². The lowest BCUT2D eigenvalue weighted by atomic mass is 10.00. The minimum absolute atomic E-state index is 0.0272. The van der Waals surface area contributed by atoms with E-state index in [-0.39, 0.29) is 35.6 Å². The number of nitrogens with one attached hydrogen (secondary N) is 2. The molecule has 10 heteroatoms. The Morgan fingerprint density at radius 1 is 1.24 bits per heavy atom. The predicted molar refractivity (Wildman–Crippen MR) is 142 cm³/mol. The first kappa shape index (κ1) is 27.6. The molecule has 1 aliphatic heterocycles. The minimum atomic E-state index is -0.603. The number of likely N-dealkylation sites (tertiary alicyclic amines) is 1. The maximum Gasteiger partial charge on any atom is 0.408 e. The molecular weight excluding hydrogens is 488 g/mol. The summed E-state index contributed by atoms with van der Waals surface area (Å²) < 4.78 is 10.8. The first-order chi connectivity index (χ1) is 18.1. The van der Waals surface area contributed by atoms with Gasteiger partial charge in [0.2, 0.25) is 5.91 Å². The van der Waals surface area contributed by atoms with Crippen LogP contribution >= 0.6 is 0 Å². The van der Waals surface area contributed by atoms with Gasteiger partial charge in [-0.25, -0.2) is 9.78 Å². The van der Waals surface area contributed by atoms with Crippen molar-refractivity contribution in [3.05, 3.63) is 34.2 Å². The number of unbranched alkanes of at least 4 members (excludes halogenated alkanes) is 2. The highest BCUT2D eigenvalue weighted by Crippen LogP contribution is 2.49. The molecule has 1 aromatic carbocycles. The van der Waals surface area contributed by atoms with Gasteiger partial charge in [-0.05, 0) is 64.0 Å². The van der Waals surface area contributed by atoms with E-state index in [0.29, 0.717) is 29.9 Å². The molecule has 0 radical (unpaired) electrons. The molecule has 1 aromatic heterocycles. The van der Waals surface area contributed by atoms with E-state index in [0.717, 1.165) is 44.0 Å². The lowest BCUT2D eigenvalue weighted by Gasteiger charge is -2.25. The molecule has 10 nitrogen and oxygen atoms in total. The second-order valence-corrected chi connectivity index (χ2v) is 10.9. The number of carbonyl (C=O) groups is 3. The highest BCUT2D eigenvalue weighted by molar-refractivity contribution is 5.90. The Labute approximate surface area is 222 Å². The molecule has 2 amide bonds. The maximum absolute atomic E-state index is 12.5. The summed E-state index contributed by atoms with van der Waals surface area (Å²) in [6, 6.07) is 5.01. The van der Waals surface area contributed by atoms with Crippen molar-refractivity contribution < 1.29 is 23.9 Å². The normalized spacial score (nSPS) is 24.3. The average molecular weight is 527 g/mol. The molecule has 0 spiro atoms. The van der Waals surface area contributed by atoms with Gasteiger partial charge in [0.1, 0.15) is 23.6 Å². The van der Waals surface area contributed by atoms with E-state index in [1.165, 1.54) is 6.92 Å². The van der Waals surface area contributed by atoms with Crippen LogP contribution in [0.2, 0.25) is 0 Å². The van der Waals surface area contributed by atoms with Gasteiger partial charge >= 0.3 is 6.09 Å². The molecule has 206 valence electrons. The number of Topliss-reactive ketones (excluding diaryl/α,β-unsaturated/α-hetero) is 1. The van der Waals surface area contributed by atoms with Crippen molar-refractivity contribution in [3.8, 4) is 5.75 Å². The van der Waals surface area contributed by atoms with Crippen molar-refractivity contribution in [2.45, 2.75) is 77.4 Å². The van der Waals surface area contributed by atoms with Crippen LogP contribution in [-0.4, -0.2) is 64.5 Å². The zero-order valence-corrected chi connectivity index (χ0v) is 22.7. The van der Waals surface area contributed by atoms with Crippen molar-refractivity contribution in [2.75, 3.05) is 20.2 Å². The Bertz CT molecular complexity index is 1260. The molecule has 4 rings (SSSR count). The van der Waals surface area contributed by atoms with Crippen LogP contribution in [-0.2, 0) is 20.7 Å². The van der Waals surface area contributed by atoms with Gasteiger partial charge in [0.15, 0.2) is 5.78 Å². The third kappa shape index (κ3) is 6.34. The van der Waals surface area contributed by atoms with E-state index < -0.39 is 17.7 Å². The predicted octanol–water partition coefficient (Wildman–Crippen LogP) is 3.37. The summed E-state index contributed by atoms with van der Waals surface area (Å²) in [5.41, 5.74) is 1.24. The Hall–Kier alpha value is -3.43. The van der Waals surface area contributed by atoms with Crippen molar-refractivity contribution in [3.63, 3.8) is 0 Å². The summed E-state index contributed by atoms with van der Waals surface area (Å²) in [4.78, 5) is 58.1. The number of amides is 2. The molecule has 38 heavy (non-hydrogen) atoms. The lowest BCUT2D eigenvalue weighted by Crippen LogP contribution is -2.46. The summed E-state index contributed by atoms with van der Waals surface area (Å²) in [7, 11) is 1.58. The van der Waals surface area contributed by atoms with Gasteiger partial charge in [0, 0.05) is 18.5 Å². The molecule has 1 unspecified atom stereocenters. The van der Waals surface area contributed by atoms with Crippen molar-refractivity contribution in [1.29, 1.82) is 0 Å².